The van der Waals surface area contributed by atoms with Crippen molar-refractivity contribution in [3.8, 4) is 5.75 Å². The lowest BCUT2D eigenvalue weighted by Gasteiger charge is -2.26. The van der Waals surface area contributed by atoms with Crippen molar-refractivity contribution in [2.24, 2.45) is 11.8 Å². The monoisotopic (exact) mass is 283 g/mol. The smallest absolute Gasteiger partial charge is 0.127 e. The van der Waals surface area contributed by atoms with Crippen molar-refractivity contribution in [1.29, 1.82) is 0 Å². The van der Waals surface area contributed by atoms with Crippen LogP contribution in [0.4, 0.5) is 0 Å². The van der Waals surface area contributed by atoms with E-state index >= 15 is 0 Å². The maximum Gasteiger partial charge on any atom is 0.127 e. The van der Waals surface area contributed by atoms with Gasteiger partial charge in [0.25, 0.3) is 0 Å². The van der Waals surface area contributed by atoms with Crippen LogP contribution in [0.2, 0.25) is 0 Å². The molecular formula is C19H25NO. The fourth-order valence-electron chi connectivity index (χ4n) is 3.26. The van der Waals surface area contributed by atoms with Crippen molar-refractivity contribution in [1.82, 2.24) is 5.32 Å². The zero-order chi connectivity index (χ0) is 14.7. The first-order valence-electron chi connectivity index (χ1n) is 8.09. The van der Waals surface area contributed by atoms with Crippen LogP contribution in [0.3, 0.4) is 0 Å². The zero-order valence-electron chi connectivity index (χ0n) is 13.0. The van der Waals surface area contributed by atoms with E-state index in [2.05, 4.69) is 61.6 Å². The van der Waals surface area contributed by atoms with Gasteiger partial charge in [0.1, 0.15) is 11.9 Å². The summed E-state index contributed by atoms with van der Waals surface area (Å²) in [5.74, 6) is 2.32. The molecule has 21 heavy (non-hydrogen) atoms. The van der Waals surface area contributed by atoms with E-state index in [0.29, 0.717) is 17.9 Å². The molecule has 0 amide bonds. The highest BCUT2D eigenvalue weighted by Gasteiger charge is 2.27. The Morgan fingerprint density at radius 3 is 2.71 bits per heavy atom. The second-order valence-electron chi connectivity index (χ2n) is 6.52. The van der Waals surface area contributed by atoms with Gasteiger partial charge in [0.2, 0.25) is 0 Å². The highest BCUT2D eigenvalue weighted by atomic mass is 16.5. The lowest BCUT2D eigenvalue weighted by Crippen LogP contribution is -2.30. The molecule has 2 nitrogen and oxygen atoms in total. The molecule has 2 heteroatoms. The Hall–Kier alpha value is -1.54. The van der Waals surface area contributed by atoms with Crippen LogP contribution in [0.25, 0.3) is 10.8 Å². The van der Waals surface area contributed by atoms with Gasteiger partial charge >= 0.3 is 0 Å². The van der Waals surface area contributed by atoms with Crippen molar-refractivity contribution in [3.63, 3.8) is 0 Å². The molecule has 1 aliphatic heterocycles. The normalized spacial score (nSPS) is 20.0. The quantitative estimate of drug-likeness (QED) is 0.886. The molecule has 112 valence electrons. The predicted molar refractivity (Wildman–Crippen MR) is 88.8 cm³/mol. The average Bonchev–Trinajstić information content (AvgIpc) is 3.01. The first-order valence-corrected chi connectivity index (χ1v) is 8.09. The van der Waals surface area contributed by atoms with Crippen LogP contribution < -0.4 is 10.1 Å². The van der Waals surface area contributed by atoms with Gasteiger partial charge in [-0.05, 0) is 36.8 Å². The summed E-state index contributed by atoms with van der Waals surface area (Å²) in [4.78, 5) is 0. The van der Waals surface area contributed by atoms with Crippen LogP contribution in [-0.4, -0.2) is 19.2 Å². The van der Waals surface area contributed by atoms with E-state index in [4.69, 9.17) is 4.74 Å². The maximum absolute atomic E-state index is 6.48. The SMILES string of the molecule is CC(C)C[C@@H](Oc1cccc2ccccc12)[C@H]1CCNC1. The lowest BCUT2D eigenvalue weighted by molar-refractivity contribution is 0.121. The minimum Gasteiger partial charge on any atom is -0.489 e. The molecule has 1 fully saturated rings. The second-order valence-corrected chi connectivity index (χ2v) is 6.52. The van der Waals surface area contributed by atoms with Crippen LogP contribution >= 0.6 is 0 Å². The highest BCUT2D eigenvalue weighted by molar-refractivity contribution is 5.88. The number of nitrogens with one attached hydrogen (secondary N) is 1. The van der Waals surface area contributed by atoms with Crippen LogP contribution in [0, 0.1) is 11.8 Å². The van der Waals surface area contributed by atoms with Crippen LogP contribution in [-0.2, 0) is 0 Å². The first-order chi connectivity index (χ1) is 10.2. The van der Waals surface area contributed by atoms with E-state index in [9.17, 15) is 0 Å². The van der Waals surface area contributed by atoms with E-state index in [0.717, 1.165) is 25.3 Å². The molecule has 2 atom stereocenters. The maximum atomic E-state index is 6.48. The Balaban J connectivity index is 1.86. The van der Waals surface area contributed by atoms with E-state index in [1.807, 2.05) is 0 Å². The Morgan fingerprint density at radius 2 is 1.95 bits per heavy atom. The summed E-state index contributed by atoms with van der Waals surface area (Å²) in [7, 11) is 0. The van der Waals surface area contributed by atoms with Crippen molar-refractivity contribution < 1.29 is 4.74 Å². The fraction of sp³-hybridized carbons (Fsp3) is 0.474. The van der Waals surface area contributed by atoms with E-state index in [1.54, 1.807) is 0 Å². The Labute approximate surface area is 127 Å². The summed E-state index contributed by atoms with van der Waals surface area (Å²) in [6.45, 7) is 6.77. The summed E-state index contributed by atoms with van der Waals surface area (Å²) >= 11 is 0. The largest absolute Gasteiger partial charge is 0.489 e. The van der Waals surface area contributed by atoms with Gasteiger partial charge in [-0.25, -0.2) is 0 Å². The molecule has 1 N–H and O–H groups in total. The molecule has 0 bridgehead atoms. The van der Waals surface area contributed by atoms with Crippen molar-refractivity contribution in [2.45, 2.75) is 32.8 Å². The summed E-state index contributed by atoms with van der Waals surface area (Å²) in [6, 6.07) is 14.8. The third kappa shape index (κ3) is 3.38. The number of hydrogen-bond acceptors (Lipinski definition) is 2. The second kappa shape index (κ2) is 6.48. The summed E-state index contributed by atoms with van der Waals surface area (Å²) < 4.78 is 6.48. The van der Waals surface area contributed by atoms with Crippen molar-refractivity contribution in [2.75, 3.05) is 13.1 Å². The predicted octanol–water partition coefficient (Wildman–Crippen LogP) is 4.24. The van der Waals surface area contributed by atoms with Crippen LogP contribution in [0.15, 0.2) is 42.5 Å². The van der Waals surface area contributed by atoms with Crippen LogP contribution in [0.5, 0.6) is 5.75 Å². The van der Waals surface area contributed by atoms with Crippen molar-refractivity contribution >= 4 is 10.8 Å². The fourth-order valence-corrected chi connectivity index (χ4v) is 3.26. The van der Waals surface area contributed by atoms with E-state index in [-0.39, 0.29) is 0 Å². The van der Waals surface area contributed by atoms with Gasteiger partial charge in [0.15, 0.2) is 0 Å². The molecule has 1 saturated heterocycles. The molecule has 1 aliphatic rings. The molecule has 0 spiro atoms. The highest BCUT2D eigenvalue weighted by Crippen LogP contribution is 2.30. The molecule has 0 aliphatic carbocycles. The molecule has 2 aromatic carbocycles. The molecule has 1 heterocycles. The van der Waals surface area contributed by atoms with Crippen LogP contribution in [0.1, 0.15) is 26.7 Å². The van der Waals surface area contributed by atoms with Gasteiger partial charge in [-0.3, -0.25) is 0 Å². The number of fused-ring (bicyclic) bond motifs is 1. The van der Waals surface area contributed by atoms with E-state index < -0.39 is 0 Å². The third-order valence-corrected chi connectivity index (χ3v) is 4.36. The van der Waals surface area contributed by atoms with Gasteiger partial charge in [-0.1, -0.05) is 50.2 Å². The molecule has 0 saturated carbocycles. The molecule has 3 rings (SSSR count). The molecule has 2 aromatic rings. The number of ether oxygens (including phenoxy) is 1. The van der Waals surface area contributed by atoms with E-state index in [1.165, 1.54) is 17.2 Å². The number of rotatable bonds is 5. The molecule has 0 aromatic heterocycles. The minimum absolute atomic E-state index is 0.311. The molecule has 0 unspecified atom stereocenters. The number of hydrogen-bond donors (Lipinski definition) is 1. The summed E-state index contributed by atoms with van der Waals surface area (Å²) in [5, 5.41) is 5.94. The van der Waals surface area contributed by atoms with Gasteiger partial charge in [0, 0.05) is 17.8 Å². The first kappa shape index (κ1) is 14.4. The van der Waals surface area contributed by atoms with Crippen molar-refractivity contribution in [3.05, 3.63) is 42.5 Å². The zero-order valence-corrected chi connectivity index (χ0v) is 13.0. The Bertz CT molecular complexity index is 582. The Morgan fingerprint density at radius 1 is 1.14 bits per heavy atom. The average molecular weight is 283 g/mol. The standard InChI is InChI=1S/C19H25NO/c1-14(2)12-19(16-10-11-20-13-16)21-18-9-5-7-15-6-3-4-8-17(15)18/h3-9,14,16,19-20H,10-13H2,1-2H3/t16-,19+/m0/s1. The van der Waals surface area contributed by atoms with Gasteiger partial charge in [-0.2, -0.15) is 0 Å². The van der Waals surface area contributed by atoms with Gasteiger partial charge in [0.05, 0.1) is 0 Å². The lowest BCUT2D eigenvalue weighted by atomic mass is 9.93. The third-order valence-electron chi connectivity index (χ3n) is 4.36. The Kier molecular flexibility index (Phi) is 4.45. The van der Waals surface area contributed by atoms with Gasteiger partial charge < -0.3 is 10.1 Å². The molecule has 0 radical (unpaired) electrons. The number of benzene rings is 2. The summed E-state index contributed by atoms with van der Waals surface area (Å²) in [6.07, 6.45) is 2.66. The summed E-state index contributed by atoms with van der Waals surface area (Å²) in [5.41, 5.74) is 0. The molecular weight excluding hydrogens is 258 g/mol. The minimum atomic E-state index is 0.311. The topological polar surface area (TPSA) is 21.3 Å². The van der Waals surface area contributed by atoms with Gasteiger partial charge in [-0.15, -0.1) is 0 Å².